The second-order valence-corrected chi connectivity index (χ2v) is 4.87. The zero-order chi connectivity index (χ0) is 15.2. The van der Waals surface area contributed by atoms with Gasteiger partial charge in [0.2, 0.25) is 0 Å². The number of hydrogen-bond acceptors (Lipinski definition) is 4. The molecule has 1 fully saturated rings. The van der Waals surface area contributed by atoms with Crippen LogP contribution < -0.4 is 14.8 Å². The van der Waals surface area contributed by atoms with Gasteiger partial charge in [-0.1, -0.05) is 0 Å². The van der Waals surface area contributed by atoms with E-state index in [1.54, 1.807) is 23.1 Å². The summed E-state index contributed by atoms with van der Waals surface area (Å²) in [5.74, 6) is -0.0878. The molecule has 1 saturated heterocycles. The van der Waals surface area contributed by atoms with E-state index >= 15 is 0 Å². The van der Waals surface area contributed by atoms with E-state index in [4.69, 9.17) is 9.47 Å². The average molecular weight is 292 g/mol. The van der Waals surface area contributed by atoms with Crippen molar-refractivity contribution in [3.8, 4) is 11.5 Å². The van der Waals surface area contributed by atoms with Gasteiger partial charge in [-0.25, -0.2) is 0 Å². The van der Waals surface area contributed by atoms with Crippen molar-refractivity contribution in [1.29, 1.82) is 0 Å². The first-order valence-corrected chi connectivity index (χ1v) is 6.98. The van der Waals surface area contributed by atoms with E-state index in [9.17, 15) is 9.59 Å². The van der Waals surface area contributed by atoms with Gasteiger partial charge in [-0.2, -0.15) is 0 Å². The van der Waals surface area contributed by atoms with Crippen molar-refractivity contribution < 1.29 is 19.1 Å². The van der Waals surface area contributed by atoms with Gasteiger partial charge >= 0.3 is 11.8 Å². The number of benzene rings is 1. The SMILES string of the molecule is COc1ccc(OC)c(NC(=O)C(=O)N2CCCCC2)c1. The second kappa shape index (κ2) is 6.97. The first-order chi connectivity index (χ1) is 10.2. The first-order valence-electron chi connectivity index (χ1n) is 6.98. The molecule has 6 heteroatoms. The van der Waals surface area contributed by atoms with Crippen LogP contribution in [0.1, 0.15) is 19.3 Å². The lowest BCUT2D eigenvalue weighted by atomic mass is 10.1. The Morgan fingerprint density at radius 2 is 1.81 bits per heavy atom. The Hall–Kier alpha value is -2.24. The van der Waals surface area contributed by atoms with Crippen molar-refractivity contribution in [2.45, 2.75) is 19.3 Å². The average Bonchev–Trinajstić information content (AvgIpc) is 2.54. The van der Waals surface area contributed by atoms with E-state index in [1.807, 2.05) is 0 Å². The van der Waals surface area contributed by atoms with Gasteiger partial charge in [-0.15, -0.1) is 0 Å². The number of anilines is 1. The van der Waals surface area contributed by atoms with Gasteiger partial charge in [0.1, 0.15) is 11.5 Å². The predicted molar refractivity (Wildman–Crippen MR) is 78.6 cm³/mol. The topological polar surface area (TPSA) is 67.9 Å². The molecule has 0 saturated carbocycles. The van der Waals surface area contributed by atoms with Gasteiger partial charge in [-0.3, -0.25) is 9.59 Å². The molecular weight excluding hydrogens is 272 g/mol. The summed E-state index contributed by atoms with van der Waals surface area (Å²) in [4.78, 5) is 25.8. The fourth-order valence-corrected chi connectivity index (χ4v) is 2.33. The van der Waals surface area contributed by atoms with Gasteiger partial charge < -0.3 is 19.7 Å². The third-order valence-corrected chi connectivity index (χ3v) is 3.49. The number of methoxy groups -OCH3 is 2. The molecule has 1 aromatic rings. The van der Waals surface area contributed by atoms with Crippen LogP contribution in [0.5, 0.6) is 11.5 Å². The molecule has 0 aliphatic carbocycles. The highest BCUT2D eigenvalue weighted by atomic mass is 16.5. The quantitative estimate of drug-likeness (QED) is 0.860. The fourth-order valence-electron chi connectivity index (χ4n) is 2.33. The Morgan fingerprint density at radius 1 is 1.10 bits per heavy atom. The van der Waals surface area contributed by atoms with Crippen LogP contribution >= 0.6 is 0 Å². The summed E-state index contributed by atoms with van der Waals surface area (Å²) in [6.45, 7) is 1.28. The Bertz CT molecular complexity index is 524. The van der Waals surface area contributed by atoms with Crippen LogP contribution in [-0.2, 0) is 9.59 Å². The molecule has 0 unspecified atom stereocenters. The standard InChI is InChI=1S/C15H20N2O4/c1-20-11-6-7-13(21-2)12(10-11)16-14(18)15(19)17-8-4-3-5-9-17/h6-7,10H,3-5,8-9H2,1-2H3,(H,16,18). The summed E-state index contributed by atoms with van der Waals surface area (Å²) >= 11 is 0. The lowest BCUT2D eigenvalue weighted by Crippen LogP contribution is -2.42. The summed E-state index contributed by atoms with van der Waals surface area (Å²) in [7, 11) is 3.04. The summed E-state index contributed by atoms with van der Waals surface area (Å²) < 4.78 is 10.3. The lowest BCUT2D eigenvalue weighted by Gasteiger charge is -2.26. The molecule has 0 aromatic heterocycles. The highest BCUT2D eigenvalue weighted by Gasteiger charge is 2.24. The number of rotatable bonds is 3. The van der Waals surface area contributed by atoms with Crippen LogP contribution in [0.4, 0.5) is 5.69 Å². The van der Waals surface area contributed by atoms with Crippen LogP contribution in [-0.4, -0.2) is 44.0 Å². The number of amides is 2. The number of carbonyl (C=O) groups excluding carboxylic acids is 2. The maximum Gasteiger partial charge on any atom is 0.314 e. The fraction of sp³-hybridized carbons (Fsp3) is 0.467. The van der Waals surface area contributed by atoms with Crippen LogP contribution in [0, 0.1) is 0 Å². The van der Waals surface area contributed by atoms with Gasteiger partial charge in [-0.05, 0) is 31.4 Å². The van der Waals surface area contributed by atoms with E-state index in [1.165, 1.54) is 14.2 Å². The molecule has 21 heavy (non-hydrogen) atoms. The minimum absolute atomic E-state index is 0.423. The van der Waals surface area contributed by atoms with Gasteiger partial charge in [0.25, 0.3) is 0 Å². The molecule has 1 N–H and O–H groups in total. The first kappa shape index (κ1) is 15.2. The number of nitrogens with one attached hydrogen (secondary N) is 1. The predicted octanol–water partition coefficient (Wildman–Crippen LogP) is 1.65. The van der Waals surface area contributed by atoms with Crippen molar-refractivity contribution in [3.63, 3.8) is 0 Å². The minimum atomic E-state index is -0.650. The number of ether oxygens (including phenoxy) is 2. The molecule has 2 rings (SSSR count). The third-order valence-electron chi connectivity index (χ3n) is 3.49. The molecule has 1 aliphatic rings. The Morgan fingerprint density at radius 3 is 2.43 bits per heavy atom. The molecule has 0 spiro atoms. The van der Waals surface area contributed by atoms with Gasteiger partial charge in [0.05, 0.1) is 19.9 Å². The molecular formula is C15H20N2O4. The smallest absolute Gasteiger partial charge is 0.314 e. The maximum absolute atomic E-state index is 12.1. The van der Waals surface area contributed by atoms with Crippen LogP contribution in [0.25, 0.3) is 0 Å². The summed E-state index contributed by atoms with van der Waals surface area (Å²) in [5, 5.41) is 2.60. The number of hydrogen-bond donors (Lipinski definition) is 1. The van der Waals surface area contributed by atoms with Gasteiger partial charge in [0.15, 0.2) is 0 Å². The van der Waals surface area contributed by atoms with E-state index in [2.05, 4.69) is 5.32 Å². The van der Waals surface area contributed by atoms with Crippen molar-refractivity contribution >= 4 is 17.5 Å². The largest absolute Gasteiger partial charge is 0.497 e. The van der Waals surface area contributed by atoms with Crippen molar-refractivity contribution in [2.75, 3.05) is 32.6 Å². The van der Waals surface area contributed by atoms with E-state index in [0.29, 0.717) is 30.3 Å². The van der Waals surface area contributed by atoms with Gasteiger partial charge in [0, 0.05) is 19.2 Å². The third kappa shape index (κ3) is 3.65. The molecule has 0 atom stereocenters. The molecule has 6 nitrogen and oxygen atoms in total. The monoisotopic (exact) mass is 292 g/mol. The minimum Gasteiger partial charge on any atom is -0.497 e. The molecule has 1 aliphatic heterocycles. The molecule has 1 aromatic carbocycles. The van der Waals surface area contributed by atoms with Crippen LogP contribution in [0.2, 0.25) is 0 Å². The second-order valence-electron chi connectivity index (χ2n) is 4.87. The lowest BCUT2D eigenvalue weighted by molar-refractivity contribution is -0.143. The molecule has 114 valence electrons. The highest BCUT2D eigenvalue weighted by molar-refractivity contribution is 6.39. The van der Waals surface area contributed by atoms with E-state index < -0.39 is 11.8 Å². The summed E-state index contributed by atoms with van der Waals surface area (Å²) in [6.07, 6.45) is 3.00. The number of piperidine rings is 1. The summed E-state index contributed by atoms with van der Waals surface area (Å²) in [5.41, 5.74) is 0.423. The molecule has 0 bridgehead atoms. The van der Waals surface area contributed by atoms with Crippen LogP contribution in [0.3, 0.4) is 0 Å². The van der Waals surface area contributed by atoms with Crippen molar-refractivity contribution in [2.24, 2.45) is 0 Å². The number of likely N-dealkylation sites (tertiary alicyclic amines) is 1. The highest BCUT2D eigenvalue weighted by Crippen LogP contribution is 2.28. The molecule has 1 heterocycles. The zero-order valence-electron chi connectivity index (χ0n) is 12.3. The number of carbonyl (C=O) groups is 2. The van der Waals surface area contributed by atoms with Crippen molar-refractivity contribution in [1.82, 2.24) is 4.90 Å². The molecule has 2 amide bonds. The Balaban J connectivity index is 2.09. The maximum atomic E-state index is 12.1. The Labute approximate surface area is 124 Å². The van der Waals surface area contributed by atoms with E-state index in [0.717, 1.165) is 19.3 Å². The summed E-state index contributed by atoms with van der Waals surface area (Å²) in [6, 6.07) is 5.03. The number of nitrogens with zero attached hydrogens (tertiary/aromatic N) is 1. The Kier molecular flexibility index (Phi) is 5.03. The van der Waals surface area contributed by atoms with E-state index in [-0.39, 0.29) is 0 Å². The van der Waals surface area contributed by atoms with Crippen LogP contribution in [0.15, 0.2) is 18.2 Å². The molecule has 0 radical (unpaired) electrons. The normalized spacial score (nSPS) is 14.5. The zero-order valence-corrected chi connectivity index (χ0v) is 12.3. The van der Waals surface area contributed by atoms with Crippen molar-refractivity contribution in [3.05, 3.63) is 18.2 Å².